The second kappa shape index (κ2) is 6.53. The van der Waals surface area contributed by atoms with Gasteiger partial charge >= 0.3 is 6.03 Å². The fourth-order valence-corrected chi connectivity index (χ4v) is 1.95. The lowest BCUT2D eigenvalue weighted by atomic mass is 10.2. The van der Waals surface area contributed by atoms with Gasteiger partial charge < -0.3 is 15.2 Å². The van der Waals surface area contributed by atoms with Crippen LogP contribution in [-0.4, -0.2) is 16.2 Å². The van der Waals surface area contributed by atoms with Crippen LogP contribution in [-0.2, 0) is 6.54 Å². The predicted octanol–water partition coefficient (Wildman–Crippen LogP) is 3.06. The Morgan fingerprint density at radius 1 is 1.05 bits per heavy atom. The van der Waals surface area contributed by atoms with E-state index in [-0.39, 0.29) is 6.03 Å². The van der Waals surface area contributed by atoms with Gasteiger partial charge in [0.15, 0.2) is 0 Å². The first-order valence-corrected chi connectivity index (χ1v) is 6.77. The van der Waals surface area contributed by atoms with Crippen molar-refractivity contribution in [2.75, 3.05) is 5.32 Å². The molecule has 6 heteroatoms. The van der Waals surface area contributed by atoms with E-state index in [1.54, 1.807) is 12.1 Å². The molecule has 0 atom stereocenters. The minimum atomic E-state index is -0.254. The van der Waals surface area contributed by atoms with Crippen molar-refractivity contribution < 1.29 is 9.32 Å². The van der Waals surface area contributed by atoms with Gasteiger partial charge in [-0.25, -0.2) is 4.79 Å². The number of rotatable bonds is 4. The molecule has 22 heavy (non-hydrogen) atoms. The molecule has 0 saturated heterocycles. The van der Waals surface area contributed by atoms with Crippen LogP contribution in [0.3, 0.4) is 0 Å². The average molecular weight is 294 g/mol. The number of amides is 2. The van der Waals surface area contributed by atoms with E-state index in [2.05, 4.69) is 20.8 Å². The number of nitrogens with zero attached hydrogens (tertiary/aromatic N) is 2. The standard InChI is InChI=1S/C16H14N4O2/c21-16(17-10-12-4-2-1-3-5-12)19-14-8-6-13(7-9-14)15-18-11-22-20-15/h1-9,11H,10H2,(H2,17,19,21). The molecule has 0 spiro atoms. The van der Waals surface area contributed by atoms with Crippen molar-refractivity contribution in [1.82, 2.24) is 15.5 Å². The van der Waals surface area contributed by atoms with E-state index < -0.39 is 0 Å². The Bertz CT molecular complexity index is 725. The highest BCUT2D eigenvalue weighted by Gasteiger charge is 2.04. The summed E-state index contributed by atoms with van der Waals surface area (Å²) in [5, 5.41) is 9.32. The molecule has 0 aliphatic carbocycles. The first-order chi connectivity index (χ1) is 10.8. The van der Waals surface area contributed by atoms with Gasteiger partial charge in [-0.2, -0.15) is 4.98 Å². The minimum Gasteiger partial charge on any atom is -0.342 e. The maximum Gasteiger partial charge on any atom is 0.319 e. The van der Waals surface area contributed by atoms with Crippen LogP contribution in [0.4, 0.5) is 10.5 Å². The van der Waals surface area contributed by atoms with Gasteiger partial charge in [-0.1, -0.05) is 35.5 Å². The number of carbonyl (C=O) groups is 1. The maximum atomic E-state index is 11.8. The second-order valence-electron chi connectivity index (χ2n) is 4.63. The molecule has 1 aromatic heterocycles. The highest BCUT2D eigenvalue weighted by molar-refractivity contribution is 5.89. The highest BCUT2D eigenvalue weighted by atomic mass is 16.5. The first-order valence-electron chi connectivity index (χ1n) is 6.77. The topological polar surface area (TPSA) is 80.0 Å². The predicted molar refractivity (Wildman–Crippen MR) is 82.0 cm³/mol. The fraction of sp³-hybridized carbons (Fsp3) is 0.0625. The molecule has 6 nitrogen and oxygen atoms in total. The van der Waals surface area contributed by atoms with Gasteiger partial charge in [0.1, 0.15) is 0 Å². The Morgan fingerprint density at radius 3 is 2.50 bits per heavy atom. The van der Waals surface area contributed by atoms with Crippen LogP contribution in [0.5, 0.6) is 0 Å². The van der Waals surface area contributed by atoms with Crippen molar-refractivity contribution in [3.63, 3.8) is 0 Å². The monoisotopic (exact) mass is 294 g/mol. The summed E-state index contributed by atoms with van der Waals surface area (Å²) in [5.74, 6) is 0.514. The minimum absolute atomic E-state index is 0.254. The van der Waals surface area contributed by atoms with Crippen LogP contribution < -0.4 is 10.6 Å². The summed E-state index contributed by atoms with van der Waals surface area (Å²) >= 11 is 0. The molecule has 0 saturated carbocycles. The SMILES string of the molecule is O=C(NCc1ccccc1)Nc1ccc(-c2ncon2)cc1. The van der Waals surface area contributed by atoms with E-state index >= 15 is 0 Å². The van der Waals surface area contributed by atoms with Gasteiger partial charge in [0.05, 0.1) is 0 Å². The zero-order valence-corrected chi connectivity index (χ0v) is 11.7. The Hall–Kier alpha value is -3.15. The fourth-order valence-electron chi connectivity index (χ4n) is 1.95. The molecule has 2 aromatic carbocycles. The normalized spacial score (nSPS) is 10.2. The van der Waals surface area contributed by atoms with Crippen molar-refractivity contribution in [2.24, 2.45) is 0 Å². The molecular weight excluding hydrogens is 280 g/mol. The molecule has 0 bridgehead atoms. The van der Waals surface area contributed by atoms with Crippen LogP contribution >= 0.6 is 0 Å². The van der Waals surface area contributed by atoms with Gasteiger partial charge in [-0.15, -0.1) is 0 Å². The summed E-state index contributed by atoms with van der Waals surface area (Å²) in [4.78, 5) is 15.8. The molecule has 0 aliphatic rings. The summed E-state index contributed by atoms with van der Waals surface area (Å²) in [7, 11) is 0. The molecule has 0 radical (unpaired) electrons. The summed E-state index contributed by atoms with van der Waals surface area (Å²) < 4.78 is 4.70. The van der Waals surface area contributed by atoms with Crippen LogP contribution in [0, 0.1) is 0 Å². The van der Waals surface area contributed by atoms with Gasteiger partial charge in [0.2, 0.25) is 12.2 Å². The second-order valence-corrected chi connectivity index (χ2v) is 4.63. The van der Waals surface area contributed by atoms with Crippen molar-refractivity contribution in [2.45, 2.75) is 6.54 Å². The Balaban J connectivity index is 1.55. The van der Waals surface area contributed by atoms with Crippen molar-refractivity contribution in [1.29, 1.82) is 0 Å². The van der Waals surface area contributed by atoms with E-state index in [1.165, 1.54) is 6.39 Å². The van der Waals surface area contributed by atoms with Crippen molar-refractivity contribution in [3.8, 4) is 11.4 Å². The van der Waals surface area contributed by atoms with Crippen molar-refractivity contribution in [3.05, 3.63) is 66.6 Å². The molecule has 1 heterocycles. The zero-order valence-electron chi connectivity index (χ0n) is 11.7. The third-order valence-corrected chi connectivity index (χ3v) is 3.06. The largest absolute Gasteiger partial charge is 0.342 e. The number of benzene rings is 2. The summed E-state index contributed by atoms with van der Waals surface area (Å²) in [6, 6.07) is 16.7. The number of urea groups is 1. The van der Waals surface area contributed by atoms with Crippen LogP contribution in [0.2, 0.25) is 0 Å². The number of hydrogen-bond donors (Lipinski definition) is 2. The Labute approximate surface area is 127 Å². The van der Waals surface area contributed by atoms with E-state index in [0.29, 0.717) is 18.1 Å². The molecular formula is C16H14N4O2. The van der Waals surface area contributed by atoms with E-state index in [0.717, 1.165) is 11.1 Å². The molecule has 3 aromatic rings. The maximum absolute atomic E-state index is 11.8. The molecule has 2 N–H and O–H groups in total. The average Bonchev–Trinajstić information content (AvgIpc) is 3.09. The summed E-state index contributed by atoms with van der Waals surface area (Å²) in [6.07, 6.45) is 1.28. The molecule has 0 aliphatic heterocycles. The molecule has 3 rings (SSSR count). The smallest absolute Gasteiger partial charge is 0.319 e. The van der Waals surface area contributed by atoms with Crippen LogP contribution in [0.1, 0.15) is 5.56 Å². The molecule has 110 valence electrons. The van der Waals surface area contributed by atoms with E-state index in [1.807, 2.05) is 42.5 Å². The summed E-state index contributed by atoms with van der Waals surface area (Å²) in [6.45, 7) is 0.480. The molecule has 0 unspecified atom stereocenters. The van der Waals surface area contributed by atoms with E-state index in [4.69, 9.17) is 4.52 Å². The molecule has 2 amide bonds. The Kier molecular flexibility index (Phi) is 4.10. The lowest BCUT2D eigenvalue weighted by Crippen LogP contribution is -2.28. The van der Waals surface area contributed by atoms with E-state index in [9.17, 15) is 4.79 Å². The van der Waals surface area contributed by atoms with Gasteiger partial charge in [0, 0.05) is 17.8 Å². The third kappa shape index (κ3) is 3.49. The van der Waals surface area contributed by atoms with Crippen molar-refractivity contribution >= 4 is 11.7 Å². The lowest BCUT2D eigenvalue weighted by molar-refractivity contribution is 0.251. The summed E-state index contributed by atoms with van der Waals surface area (Å²) in [5.41, 5.74) is 2.56. The zero-order chi connectivity index (χ0) is 15.2. The number of anilines is 1. The highest BCUT2D eigenvalue weighted by Crippen LogP contribution is 2.17. The van der Waals surface area contributed by atoms with Gasteiger partial charge in [-0.05, 0) is 29.8 Å². The first kappa shape index (κ1) is 13.8. The number of carbonyl (C=O) groups excluding carboxylic acids is 1. The quantitative estimate of drug-likeness (QED) is 0.775. The number of aromatic nitrogens is 2. The Morgan fingerprint density at radius 2 is 1.82 bits per heavy atom. The van der Waals surface area contributed by atoms with Crippen LogP contribution in [0.25, 0.3) is 11.4 Å². The lowest BCUT2D eigenvalue weighted by Gasteiger charge is -2.08. The van der Waals surface area contributed by atoms with Gasteiger partial charge in [-0.3, -0.25) is 0 Å². The molecule has 0 fully saturated rings. The van der Waals surface area contributed by atoms with Gasteiger partial charge in [0.25, 0.3) is 0 Å². The van der Waals surface area contributed by atoms with Crippen LogP contribution in [0.15, 0.2) is 65.5 Å². The third-order valence-electron chi connectivity index (χ3n) is 3.06. The number of hydrogen-bond acceptors (Lipinski definition) is 4. The number of nitrogens with one attached hydrogen (secondary N) is 2.